The normalized spacial score (nSPS) is 11.4. The van der Waals surface area contributed by atoms with Crippen LogP contribution in [-0.2, 0) is 27.3 Å². The minimum absolute atomic E-state index is 0.129. The Balaban J connectivity index is 1.90. The number of hydrogen-bond acceptors (Lipinski definition) is 5. The molecule has 6 nitrogen and oxygen atoms in total. The zero-order valence-electron chi connectivity index (χ0n) is 16.4. The van der Waals surface area contributed by atoms with Gasteiger partial charge in [0.1, 0.15) is 18.4 Å². The van der Waals surface area contributed by atoms with Crippen LogP contribution in [0.4, 0.5) is 4.79 Å². The summed E-state index contributed by atoms with van der Waals surface area (Å²) in [7, 11) is 1.29. The van der Waals surface area contributed by atoms with Crippen LogP contribution in [0.25, 0.3) is 0 Å². The summed E-state index contributed by atoms with van der Waals surface area (Å²) in [5.74, 6) is 0.252. The smallest absolute Gasteiger partial charge is 0.408 e. The number of rotatable bonds is 10. The minimum atomic E-state index is -0.833. The number of carbonyl (C=O) groups is 2. The second-order valence-corrected chi connectivity index (χ2v) is 6.33. The average Bonchev–Trinajstić information content (AvgIpc) is 2.73. The van der Waals surface area contributed by atoms with Gasteiger partial charge in [0, 0.05) is 6.42 Å². The molecule has 2 rings (SSSR count). The molecular formula is C22H27NO5. The number of carbonyl (C=O) groups excluding carboxylic acids is 2. The van der Waals surface area contributed by atoms with E-state index in [1.807, 2.05) is 54.6 Å². The average molecular weight is 385 g/mol. The summed E-state index contributed by atoms with van der Waals surface area (Å²) < 4.78 is 15.6. The van der Waals surface area contributed by atoms with E-state index in [4.69, 9.17) is 14.2 Å². The third-order valence-corrected chi connectivity index (χ3v) is 4.12. The Morgan fingerprint density at radius 2 is 1.71 bits per heavy atom. The van der Waals surface area contributed by atoms with Crippen LogP contribution in [-0.4, -0.2) is 31.8 Å². The van der Waals surface area contributed by atoms with E-state index >= 15 is 0 Å². The Labute approximate surface area is 165 Å². The largest absolute Gasteiger partial charge is 0.494 e. The van der Waals surface area contributed by atoms with Gasteiger partial charge < -0.3 is 19.5 Å². The number of alkyl carbamates (subject to hydrolysis) is 1. The second kappa shape index (κ2) is 11.6. The van der Waals surface area contributed by atoms with Crippen molar-refractivity contribution in [2.75, 3.05) is 13.7 Å². The van der Waals surface area contributed by atoms with Gasteiger partial charge >= 0.3 is 12.1 Å². The molecule has 0 fully saturated rings. The molecule has 0 aliphatic rings. The summed E-state index contributed by atoms with van der Waals surface area (Å²) in [6.07, 6.45) is 1.70. The predicted octanol–water partition coefficient (Wildman–Crippen LogP) is 3.88. The summed E-state index contributed by atoms with van der Waals surface area (Å²) in [5.41, 5.74) is 1.74. The number of nitrogens with one attached hydrogen (secondary N) is 1. The van der Waals surface area contributed by atoms with Crippen molar-refractivity contribution < 1.29 is 23.8 Å². The Bertz CT molecular complexity index is 730. The molecule has 1 atom stereocenters. The summed E-state index contributed by atoms with van der Waals surface area (Å²) in [5, 5.41) is 2.58. The van der Waals surface area contributed by atoms with E-state index in [2.05, 4.69) is 12.2 Å². The molecule has 1 N–H and O–H groups in total. The number of ether oxygens (including phenoxy) is 3. The van der Waals surface area contributed by atoms with E-state index < -0.39 is 18.1 Å². The van der Waals surface area contributed by atoms with Crippen molar-refractivity contribution in [1.29, 1.82) is 0 Å². The first-order valence-corrected chi connectivity index (χ1v) is 9.39. The standard InChI is InChI=1S/C22H27NO5/c1-3-4-14-27-19-12-10-17(11-13-19)15-20(21(24)26-2)23-22(25)28-16-18-8-6-5-7-9-18/h5-13,20H,3-4,14-16H2,1-2H3,(H,23,25)/t20-/m0/s1. The quantitative estimate of drug-likeness (QED) is 0.496. The van der Waals surface area contributed by atoms with E-state index in [9.17, 15) is 9.59 Å². The lowest BCUT2D eigenvalue weighted by atomic mass is 10.1. The molecule has 1 amide bonds. The van der Waals surface area contributed by atoms with E-state index in [1.165, 1.54) is 7.11 Å². The molecule has 28 heavy (non-hydrogen) atoms. The Hall–Kier alpha value is -3.02. The lowest BCUT2D eigenvalue weighted by Gasteiger charge is -2.17. The summed E-state index contributed by atoms with van der Waals surface area (Å²) in [6, 6.07) is 15.9. The van der Waals surface area contributed by atoms with E-state index in [1.54, 1.807) is 0 Å². The topological polar surface area (TPSA) is 73.9 Å². The fourth-order valence-electron chi connectivity index (χ4n) is 2.53. The van der Waals surface area contributed by atoms with Crippen molar-refractivity contribution in [2.45, 2.75) is 38.8 Å². The molecule has 0 spiro atoms. The first kappa shape index (κ1) is 21.3. The van der Waals surface area contributed by atoms with Gasteiger partial charge in [0.2, 0.25) is 0 Å². The van der Waals surface area contributed by atoms with E-state index in [-0.39, 0.29) is 6.61 Å². The number of amides is 1. The third kappa shape index (κ3) is 7.31. The Morgan fingerprint density at radius 3 is 2.36 bits per heavy atom. The maximum Gasteiger partial charge on any atom is 0.408 e. The van der Waals surface area contributed by atoms with Crippen LogP contribution in [0.1, 0.15) is 30.9 Å². The number of benzene rings is 2. The van der Waals surface area contributed by atoms with Gasteiger partial charge in [0.05, 0.1) is 13.7 Å². The third-order valence-electron chi connectivity index (χ3n) is 4.12. The first-order chi connectivity index (χ1) is 13.6. The molecule has 0 saturated heterocycles. The van der Waals surface area contributed by atoms with Crippen molar-refractivity contribution in [3.05, 3.63) is 65.7 Å². The van der Waals surface area contributed by atoms with Crippen molar-refractivity contribution in [2.24, 2.45) is 0 Å². The molecule has 0 aliphatic carbocycles. The Kier molecular flexibility index (Phi) is 8.85. The lowest BCUT2D eigenvalue weighted by molar-refractivity contribution is -0.143. The van der Waals surface area contributed by atoms with Gasteiger partial charge in [0.25, 0.3) is 0 Å². The van der Waals surface area contributed by atoms with Crippen molar-refractivity contribution in [3.8, 4) is 5.75 Å². The van der Waals surface area contributed by atoms with Crippen LogP contribution in [0, 0.1) is 0 Å². The fraction of sp³-hybridized carbons (Fsp3) is 0.364. The molecule has 0 aromatic heterocycles. The number of methoxy groups -OCH3 is 1. The molecule has 0 heterocycles. The van der Waals surface area contributed by atoms with E-state index in [0.29, 0.717) is 13.0 Å². The maximum absolute atomic E-state index is 12.1. The molecule has 0 saturated carbocycles. The number of hydrogen-bond donors (Lipinski definition) is 1. The van der Waals surface area contributed by atoms with Gasteiger partial charge in [-0.25, -0.2) is 9.59 Å². The highest BCUT2D eigenvalue weighted by atomic mass is 16.6. The molecule has 0 radical (unpaired) electrons. The fourth-order valence-corrected chi connectivity index (χ4v) is 2.53. The van der Waals surface area contributed by atoms with Crippen LogP contribution in [0.2, 0.25) is 0 Å². The zero-order chi connectivity index (χ0) is 20.2. The minimum Gasteiger partial charge on any atom is -0.494 e. The van der Waals surface area contributed by atoms with E-state index in [0.717, 1.165) is 29.7 Å². The van der Waals surface area contributed by atoms with Crippen molar-refractivity contribution in [3.63, 3.8) is 0 Å². The Morgan fingerprint density at radius 1 is 1.00 bits per heavy atom. The van der Waals surface area contributed by atoms with Crippen LogP contribution >= 0.6 is 0 Å². The van der Waals surface area contributed by atoms with Crippen LogP contribution < -0.4 is 10.1 Å². The molecule has 0 unspecified atom stereocenters. The van der Waals surface area contributed by atoms with Gasteiger partial charge in [0.15, 0.2) is 0 Å². The summed E-state index contributed by atoms with van der Waals surface area (Å²) in [6.45, 7) is 2.91. The second-order valence-electron chi connectivity index (χ2n) is 6.33. The lowest BCUT2D eigenvalue weighted by Crippen LogP contribution is -2.43. The van der Waals surface area contributed by atoms with Crippen molar-refractivity contribution >= 4 is 12.1 Å². The van der Waals surface area contributed by atoms with Gasteiger partial charge in [-0.3, -0.25) is 0 Å². The van der Waals surface area contributed by atoms with Crippen LogP contribution in [0.5, 0.6) is 5.75 Å². The highest BCUT2D eigenvalue weighted by Crippen LogP contribution is 2.14. The van der Waals surface area contributed by atoms with Gasteiger partial charge in [-0.15, -0.1) is 0 Å². The van der Waals surface area contributed by atoms with Crippen molar-refractivity contribution in [1.82, 2.24) is 5.32 Å². The molecule has 2 aromatic rings. The molecule has 2 aromatic carbocycles. The molecule has 150 valence electrons. The first-order valence-electron chi connectivity index (χ1n) is 9.39. The highest BCUT2D eigenvalue weighted by molar-refractivity contribution is 5.81. The van der Waals surface area contributed by atoms with Gasteiger partial charge in [-0.05, 0) is 29.7 Å². The zero-order valence-corrected chi connectivity index (χ0v) is 16.4. The maximum atomic E-state index is 12.1. The predicted molar refractivity (Wildman–Crippen MR) is 106 cm³/mol. The van der Waals surface area contributed by atoms with Gasteiger partial charge in [-0.1, -0.05) is 55.8 Å². The van der Waals surface area contributed by atoms with Crippen LogP contribution in [0.15, 0.2) is 54.6 Å². The summed E-state index contributed by atoms with van der Waals surface area (Å²) >= 11 is 0. The number of esters is 1. The molecule has 0 aliphatic heterocycles. The SMILES string of the molecule is CCCCOc1ccc(C[C@H](NC(=O)OCc2ccccc2)C(=O)OC)cc1. The molecular weight excluding hydrogens is 358 g/mol. The van der Waals surface area contributed by atoms with Gasteiger partial charge in [-0.2, -0.15) is 0 Å². The molecule has 0 bridgehead atoms. The monoisotopic (exact) mass is 385 g/mol. The van der Waals surface area contributed by atoms with Crippen LogP contribution in [0.3, 0.4) is 0 Å². The molecule has 6 heteroatoms. The highest BCUT2D eigenvalue weighted by Gasteiger charge is 2.22. The number of unbranched alkanes of at least 4 members (excludes halogenated alkanes) is 1. The summed E-state index contributed by atoms with van der Waals surface area (Å²) in [4.78, 5) is 24.1.